The zero-order chi connectivity index (χ0) is 15.3. The lowest BCUT2D eigenvalue weighted by atomic mass is 9.91. The first-order valence-electron chi connectivity index (χ1n) is 5.94. The molecular formula is C14H16F2N2O2. The molecule has 0 spiro atoms. The van der Waals surface area contributed by atoms with E-state index in [1.165, 1.54) is 19.9 Å². The summed E-state index contributed by atoms with van der Waals surface area (Å²) in [5, 5.41) is 4.76. The predicted molar refractivity (Wildman–Crippen MR) is 72.0 cm³/mol. The van der Waals surface area contributed by atoms with Crippen LogP contribution >= 0.6 is 0 Å². The number of halogens is 2. The Morgan fingerprint density at radius 1 is 1.30 bits per heavy atom. The highest BCUT2D eigenvalue weighted by molar-refractivity contribution is 6.09. The molecule has 0 unspecified atom stereocenters. The summed E-state index contributed by atoms with van der Waals surface area (Å²) < 4.78 is 26.2. The fraction of sp³-hybridized carbons (Fsp3) is 0.286. The topological polar surface area (TPSA) is 58.2 Å². The Labute approximate surface area is 115 Å². The fourth-order valence-corrected chi connectivity index (χ4v) is 1.36. The molecule has 0 aromatic heterocycles. The van der Waals surface area contributed by atoms with Crippen LogP contribution in [-0.4, -0.2) is 18.4 Å². The van der Waals surface area contributed by atoms with Crippen LogP contribution in [0.2, 0.25) is 0 Å². The van der Waals surface area contributed by atoms with Gasteiger partial charge >= 0.3 is 0 Å². The Bertz CT molecular complexity index is 542. The summed E-state index contributed by atoms with van der Waals surface area (Å²) >= 11 is 0. The van der Waals surface area contributed by atoms with Crippen molar-refractivity contribution in [3.05, 3.63) is 42.5 Å². The molecule has 108 valence electrons. The van der Waals surface area contributed by atoms with Gasteiger partial charge in [0, 0.05) is 12.6 Å². The van der Waals surface area contributed by atoms with Crippen molar-refractivity contribution in [2.45, 2.75) is 13.8 Å². The number of carbonyl (C=O) groups is 2. The maximum absolute atomic E-state index is 13.4. The Kier molecular flexibility index (Phi) is 4.96. The molecule has 0 fully saturated rings. The molecule has 0 aliphatic rings. The van der Waals surface area contributed by atoms with Gasteiger partial charge < -0.3 is 10.6 Å². The maximum Gasteiger partial charge on any atom is 0.239 e. The molecule has 2 N–H and O–H groups in total. The highest BCUT2D eigenvalue weighted by atomic mass is 19.1. The summed E-state index contributed by atoms with van der Waals surface area (Å²) in [4.78, 5) is 23.8. The van der Waals surface area contributed by atoms with Crippen molar-refractivity contribution >= 4 is 17.5 Å². The monoisotopic (exact) mass is 282 g/mol. The smallest absolute Gasteiger partial charge is 0.239 e. The molecule has 1 aromatic rings. The van der Waals surface area contributed by atoms with Crippen LogP contribution in [0.3, 0.4) is 0 Å². The number of carbonyl (C=O) groups excluding carboxylic acids is 2. The van der Waals surface area contributed by atoms with Crippen LogP contribution in [0.15, 0.2) is 30.9 Å². The summed E-state index contributed by atoms with van der Waals surface area (Å²) in [6.45, 7) is 6.48. The summed E-state index contributed by atoms with van der Waals surface area (Å²) in [6.07, 6.45) is 1.48. The number of anilines is 1. The van der Waals surface area contributed by atoms with Gasteiger partial charge in [0.2, 0.25) is 11.8 Å². The lowest BCUT2D eigenvalue weighted by Gasteiger charge is -2.22. The van der Waals surface area contributed by atoms with E-state index in [1.807, 2.05) is 0 Å². The standard InChI is InChI=1S/C14H16F2N2O2/c1-4-7-17-12(19)14(2,3)13(20)18-11-6-5-9(15)8-10(11)16/h4-6,8H,1,7H2,2-3H3,(H,17,19)(H,18,20). The van der Waals surface area contributed by atoms with Crippen molar-refractivity contribution in [1.29, 1.82) is 0 Å². The van der Waals surface area contributed by atoms with E-state index in [4.69, 9.17) is 0 Å². The highest BCUT2D eigenvalue weighted by Crippen LogP contribution is 2.21. The first-order valence-corrected chi connectivity index (χ1v) is 5.94. The number of nitrogens with one attached hydrogen (secondary N) is 2. The Balaban J connectivity index is 2.83. The van der Waals surface area contributed by atoms with Gasteiger partial charge in [0.1, 0.15) is 17.0 Å². The van der Waals surface area contributed by atoms with Gasteiger partial charge in [0.25, 0.3) is 0 Å². The Morgan fingerprint density at radius 3 is 2.50 bits per heavy atom. The van der Waals surface area contributed by atoms with E-state index in [-0.39, 0.29) is 12.2 Å². The van der Waals surface area contributed by atoms with Gasteiger partial charge in [0.05, 0.1) is 5.69 Å². The molecule has 20 heavy (non-hydrogen) atoms. The van der Waals surface area contributed by atoms with Crippen LogP contribution in [0.4, 0.5) is 14.5 Å². The quantitative estimate of drug-likeness (QED) is 0.642. The van der Waals surface area contributed by atoms with Crippen molar-refractivity contribution in [3.63, 3.8) is 0 Å². The first kappa shape index (κ1) is 15.8. The second kappa shape index (κ2) is 6.27. The van der Waals surface area contributed by atoms with E-state index >= 15 is 0 Å². The normalized spacial score (nSPS) is 10.8. The van der Waals surface area contributed by atoms with Crippen molar-refractivity contribution in [2.24, 2.45) is 5.41 Å². The molecule has 0 radical (unpaired) electrons. The lowest BCUT2D eigenvalue weighted by Crippen LogP contribution is -2.45. The minimum atomic E-state index is -1.40. The molecule has 0 heterocycles. The van der Waals surface area contributed by atoms with Crippen LogP contribution in [-0.2, 0) is 9.59 Å². The summed E-state index contributed by atoms with van der Waals surface area (Å²) in [6, 6.07) is 2.77. The molecule has 2 amide bonds. The van der Waals surface area contributed by atoms with Crippen LogP contribution < -0.4 is 10.6 Å². The van der Waals surface area contributed by atoms with Crippen molar-refractivity contribution < 1.29 is 18.4 Å². The Hall–Kier alpha value is -2.24. The molecule has 0 bridgehead atoms. The molecule has 0 saturated carbocycles. The van der Waals surface area contributed by atoms with Gasteiger partial charge in [-0.15, -0.1) is 6.58 Å². The molecule has 1 rings (SSSR count). The third-order valence-corrected chi connectivity index (χ3v) is 2.72. The minimum Gasteiger partial charge on any atom is -0.352 e. The molecular weight excluding hydrogens is 266 g/mol. The summed E-state index contributed by atoms with van der Waals surface area (Å²) in [5.41, 5.74) is -1.58. The number of hydrogen-bond acceptors (Lipinski definition) is 2. The van der Waals surface area contributed by atoms with Crippen LogP contribution in [0.5, 0.6) is 0 Å². The van der Waals surface area contributed by atoms with Gasteiger partial charge in [-0.2, -0.15) is 0 Å². The number of benzene rings is 1. The second-order valence-corrected chi connectivity index (χ2v) is 4.70. The summed E-state index contributed by atoms with van der Waals surface area (Å²) in [5.74, 6) is -2.86. The summed E-state index contributed by atoms with van der Waals surface area (Å²) in [7, 11) is 0. The highest BCUT2D eigenvalue weighted by Gasteiger charge is 2.36. The van der Waals surface area contributed by atoms with Crippen molar-refractivity contribution in [2.75, 3.05) is 11.9 Å². The van der Waals surface area contributed by atoms with E-state index in [1.54, 1.807) is 0 Å². The molecule has 0 aliphatic carbocycles. The molecule has 4 nitrogen and oxygen atoms in total. The van der Waals surface area contributed by atoms with Crippen LogP contribution in [0.1, 0.15) is 13.8 Å². The van der Waals surface area contributed by atoms with Crippen molar-refractivity contribution in [3.8, 4) is 0 Å². The number of amides is 2. The molecule has 0 saturated heterocycles. The van der Waals surface area contributed by atoms with Gasteiger partial charge in [-0.1, -0.05) is 6.08 Å². The van der Waals surface area contributed by atoms with E-state index in [9.17, 15) is 18.4 Å². The molecule has 0 aliphatic heterocycles. The fourth-order valence-electron chi connectivity index (χ4n) is 1.36. The third kappa shape index (κ3) is 3.63. The van der Waals surface area contributed by atoms with E-state index in [0.29, 0.717) is 6.07 Å². The number of hydrogen-bond donors (Lipinski definition) is 2. The predicted octanol–water partition coefficient (Wildman–Crippen LogP) is 2.23. The molecule has 0 atom stereocenters. The van der Waals surface area contributed by atoms with Crippen molar-refractivity contribution in [1.82, 2.24) is 5.32 Å². The average molecular weight is 282 g/mol. The van der Waals surface area contributed by atoms with E-state index < -0.39 is 28.9 Å². The lowest BCUT2D eigenvalue weighted by molar-refractivity contribution is -0.138. The molecule has 6 heteroatoms. The largest absolute Gasteiger partial charge is 0.352 e. The van der Waals surface area contributed by atoms with Gasteiger partial charge in [-0.05, 0) is 26.0 Å². The van der Waals surface area contributed by atoms with E-state index in [2.05, 4.69) is 17.2 Å². The average Bonchev–Trinajstić information content (AvgIpc) is 2.38. The maximum atomic E-state index is 13.4. The van der Waals surface area contributed by atoms with Gasteiger partial charge in [-0.3, -0.25) is 9.59 Å². The zero-order valence-electron chi connectivity index (χ0n) is 11.3. The van der Waals surface area contributed by atoms with Gasteiger partial charge in [-0.25, -0.2) is 8.78 Å². The van der Waals surface area contributed by atoms with Gasteiger partial charge in [0.15, 0.2) is 0 Å². The first-order chi connectivity index (χ1) is 9.28. The zero-order valence-corrected chi connectivity index (χ0v) is 11.3. The van der Waals surface area contributed by atoms with Crippen LogP contribution in [0.25, 0.3) is 0 Å². The minimum absolute atomic E-state index is 0.180. The second-order valence-electron chi connectivity index (χ2n) is 4.70. The third-order valence-electron chi connectivity index (χ3n) is 2.72. The van der Waals surface area contributed by atoms with E-state index in [0.717, 1.165) is 12.1 Å². The SMILES string of the molecule is C=CCNC(=O)C(C)(C)C(=O)Nc1ccc(F)cc1F. The number of rotatable bonds is 5. The van der Waals surface area contributed by atoms with Crippen LogP contribution in [0, 0.1) is 17.0 Å². The Morgan fingerprint density at radius 2 is 1.95 bits per heavy atom. The molecule has 1 aromatic carbocycles.